The molecule has 0 atom stereocenters. The van der Waals surface area contributed by atoms with Gasteiger partial charge >= 0.3 is 6.09 Å². The second-order valence-corrected chi connectivity index (χ2v) is 7.65. The summed E-state index contributed by atoms with van der Waals surface area (Å²) >= 11 is 0. The topological polar surface area (TPSA) is 32.8 Å². The number of carbonyl (C=O) groups is 1. The fraction of sp³-hybridized carbons (Fsp3) is 0.941. The van der Waals surface area contributed by atoms with E-state index >= 15 is 0 Å². The summed E-state index contributed by atoms with van der Waals surface area (Å²) in [6.45, 7) is 9.85. The average molecular weight is 298 g/mol. The fourth-order valence-electron chi connectivity index (χ4n) is 2.85. The number of amides is 1. The van der Waals surface area contributed by atoms with E-state index in [4.69, 9.17) is 4.74 Å². The number of nitrogens with zero attached hydrogens (tertiary/aromatic N) is 2. The lowest BCUT2D eigenvalue weighted by Crippen LogP contribution is -2.38. The molecule has 0 heterocycles. The molecule has 0 N–H and O–H groups in total. The number of rotatable bonds is 5. The lowest BCUT2D eigenvalue weighted by atomic mass is 9.87. The summed E-state index contributed by atoms with van der Waals surface area (Å²) in [5.74, 6) is 0.896. The predicted octanol–water partition coefficient (Wildman–Crippen LogP) is 3.75. The van der Waals surface area contributed by atoms with Crippen LogP contribution in [0.1, 0.15) is 59.8 Å². The molecule has 1 amide bonds. The first-order chi connectivity index (χ1) is 9.69. The molecule has 0 spiro atoms. The third-order valence-electron chi connectivity index (χ3n) is 4.32. The maximum Gasteiger partial charge on any atom is 0.410 e. The van der Waals surface area contributed by atoms with Crippen LogP contribution in [0.4, 0.5) is 4.79 Å². The molecule has 4 nitrogen and oxygen atoms in total. The number of hydrogen-bond acceptors (Lipinski definition) is 3. The Labute approximate surface area is 130 Å². The molecule has 1 saturated carbocycles. The van der Waals surface area contributed by atoms with Gasteiger partial charge in [-0.2, -0.15) is 0 Å². The zero-order valence-electron chi connectivity index (χ0n) is 14.8. The molecule has 0 aromatic rings. The largest absolute Gasteiger partial charge is 0.444 e. The Kier molecular flexibility index (Phi) is 6.98. The Bertz CT molecular complexity index is 317. The molecule has 1 fully saturated rings. The summed E-state index contributed by atoms with van der Waals surface area (Å²) in [5.41, 5.74) is -0.416. The average Bonchev–Trinajstić information content (AvgIpc) is 2.37. The van der Waals surface area contributed by atoms with E-state index < -0.39 is 5.60 Å². The van der Waals surface area contributed by atoms with Crippen molar-refractivity contribution in [3.8, 4) is 0 Å². The second-order valence-electron chi connectivity index (χ2n) is 7.65. The van der Waals surface area contributed by atoms with E-state index in [2.05, 4.69) is 18.9 Å². The molecule has 1 aliphatic rings. The third kappa shape index (κ3) is 7.16. The maximum absolute atomic E-state index is 11.9. The van der Waals surface area contributed by atoms with Gasteiger partial charge in [0, 0.05) is 19.6 Å². The van der Waals surface area contributed by atoms with Gasteiger partial charge in [0.2, 0.25) is 0 Å². The fourth-order valence-corrected chi connectivity index (χ4v) is 2.85. The van der Waals surface area contributed by atoms with Crippen molar-refractivity contribution in [1.29, 1.82) is 0 Å². The van der Waals surface area contributed by atoms with Crippen LogP contribution in [0.3, 0.4) is 0 Å². The van der Waals surface area contributed by atoms with Crippen molar-refractivity contribution >= 4 is 6.09 Å². The van der Waals surface area contributed by atoms with Crippen LogP contribution in [-0.2, 0) is 4.74 Å². The van der Waals surface area contributed by atoms with Crippen molar-refractivity contribution in [2.45, 2.75) is 71.4 Å². The van der Waals surface area contributed by atoms with Crippen LogP contribution in [0.2, 0.25) is 0 Å². The molecule has 0 aromatic heterocycles. The molecular weight excluding hydrogens is 264 g/mol. The molecule has 0 saturated heterocycles. The summed E-state index contributed by atoms with van der Waals surface area (Å²) in [6, 6.07) is 0.730. The van der Waals surface area contributed by atoms with Gasteiger partial charge in [-0.05, 0) is 72.4 Å². The Morgan fingerprint density at radius 2 is 1.67 bits per heavy atom. The monoisotopic (exact) mass is 298 g/mol. The molecule has 0 bridgehead atoms. The number of ether oxygens (including phenoxy) is 1. The minimum Gasteiger partial charge on any atom is -0.444 e. The van der Waals surface area contributed by atoms with Crippen LogP contribution in [0, 0.1) is 5.92 Å². The zero-order valence-corrected chi connectivity index (χ0v) is 14.8. The highest BCUT2D eigenvalue weighted by Crippen LogP contribution is 2.26. The van der Waals surface area contributed by atoms with Gasteiger partial charge in [-0.25, -0.2) is 4.79 Å². The quantitative estimate of drug-likeness (QED) is 0.775. The van der Waals surface area contributed by atoms with Crippen molar-refractivity contribution in [1.82, 2.24) is 9.80 Å². The van der Waals surface area contributed by atoms with Crippen molar-refractivity contribution in [3.63, 3.8) is 0 Å². The van der Waals surface area contributed by atoms with Crippen molar-refractivity contribution in [2.24, 2.45) is 5.92 Å². The van der Waals surface area contributed by atoms with Crippen LogP contribution >= 0.6 is 0 Å². The summed E-state index contributed by atoms with van der Waals surface area (Å²) in [7, 11) is 4.03. The van der Waals surface area contributed by atoms with Crippen LogP contribution in [0.5, 0.6) is 0 Å². The molecular formula is C17H34N2O2. The molecule has 21 heavy (non-hydrogen) atoms. The Balaban J connectivity index is 2.21. The second kappa shape index (κ2) is 8.02. The van der Waals surface area contributed by atoms with E-state index in [1.807, 2.05) is 27.8 Å². The Hall–Kier alpha value is -0.770. The van der Waals surface area contributed by atoms with Gasteiger partial charge in [0.1, 0.15) is 5.60 Å². The van der Waals surface area contributed by atoms with Gasteiger partial charge in [-0.15, -0.1) is 0 Å². The molecule has 4 heteroatoms. The first-order valence-corrected chi connectivity index (χ1v) is 8.33. The highest BCUT2D eigenvalue weighted by atomic mass is 16.6. The standard InChI is InChI=1S/C17H34N2O2/c1-14-8-10-15(11-9-14)18(5)12-7-13-19(6)16(20)21-17(2,3)4/h14-15H,7-13H2,1-6H3. The van der Waals surface area contributed by atoms with Crippen LogP contribution in [0.15, 0.2) is 0 Å². The predicted molar refractivity (Wildman–Crippen MR) is 87.5 cm³/mol. The van der Waals surface area contributed by atoms with Gasteiger partial charge in [-0.1, -0.05) is 6.92 Å². The van der Waals surface area contributed by atoms with E-state index in [0.717, 1.165) is 31.5 Å². The van der Waals surface area contributed by atoms with E-state index in [9.17, 15) is 4.79 Å². The van der Waals surface area contributed by atoms with Crippen LogP contribution < -0.4 is 0 Å². The zero-order chi connectivity index (χ0) is 16.0. The molecule has 1 aliphatic carbocycles. The summed E-state index contributed by atoms with van der Waals surface area (Å²) in [4.78, 5) is 16.0. The Morgan fingerprint density at radius 1 is 1.10 bits per heavy atom. The van der Waals surface area contributed by atoms with Gasteiger partial charge < -0.3 is 14.5 Å². The highest BCUT2D eigenvalue weighted by molar-refractivity contribution is 5.67. The normalized spacial score (nSPS) is 23.2. The van der Waals surface area contributed by atoms with E-state index in [-0.39, 0.29) is 6.09 Å². The van der Waals surface area contributed by atoms with E-state index in [1.165, 1.54) is 25.7 Å². The van der Waals surface area contributed by atoms with E-state index in [0.29, 0.717) is 0 Å². The molecule has 0 aromatic carbocycles. The maximum atomic E-state index is 11.9. The minimum atomic E-state index is -0.416. The van der Waals surface area contributed by atoms with Gasteiger partial charge in [0.15, 0.2) is 0 Å². The summed E-state index contributed by atoms with van der Waals surface area (Å²) in [6.07, 6.45) is 6.12. The lowest BCUT2D eigenvalue weighted by molar-refractivity contribution is 0.0290. The van der Waals surface area contributed by atoms with Gasteiger partial charge in [0.05, 0.1) is 0 Å². The van der Waals surface area contributed by atoms with Crippen LogP contribution in [0.25, 0.3) is 0 Å². The molecule has 0 unspecified atom stereocenters. The number of hydrogen-bond donors (Lipinski definition) is 0. The smallest absolute Gasteiger partial charge is 0.410 e. The van der Waals surface area contributed by atoms with Crippen molar-refractivity contribution in [3.05, 3.63) is 0 Å². The van der Waals surface area contributed by atoms with Gasteiger partial charge in [0.25, 0.3) is 0 Å². The van der Waals surface area contributed by atoms with Crippen molar-refractivity contribution in [2.75, 3.05) is 27.2 Å². The van der Waals surface area contributed by atoms with Crippen LogP contribution in [-0.4, -0.2) is 54.7 Å². The van der Waals surface area contributed by atoms with Gasteiger partial charge in [-0.3, -0.25) is 0 Å². The molecule has 0 radical (unpaired) electrons. The number of carbonyl (C=O) groups excluding carboxylic acids is 1. The SMILES string of the molecule is CC1CCC(N(C)CCCN(C)C(=O)OC(C)(C)C)CC1. The summed E-state index contributed by atoms with van der Waals surface area (Å²) in [5, 5.41) is 0. The third-order valence-corrected chi connectivity index (χ3v) is 4.32. The molecule has 1 rings (SSSR count). The first kappa shape index (κ1) is 18.3. The van der Waals surface area contributed by atoms with Crippen molar-refractivity contribution < 1.29 is 9.53 Å². The Morgan fingerprint density at radius 3 is 2.19 bits per heavy atom. The first-order valence-electron chi connectivity index (χ1n) is 8.33. The molecule has 0 aliphatic heterocycles. The minimum absolute atomic E-state index is 0.225. The van der Waals surface area contributed by atoms with E-state index in [1.54, 1.807) is 4.90 Å². The lowest BCUT2D eigenvalue weighted by Gasteiger charge is -2.34. The molecule has 124 valence electrons. The summed E-state index contributed by atoms with van der Waals surface area (Å²) < 4.78 is 5.36. The highest BCUT2D eigenvalue weighted by Gasteiger charge is 2.22.